The lowest BCUT2D eigenvalue weighted by atomic mass is 10.2. The zero-order chi connectivity index (χ0) is 17.4. The van der Waals surface area contributed by atoms with E-state index in [9.17, 15) is 4.79 Å². The van der Waals surface area contributed by atoms with Crippen LogP contribution >= 0.6 is 23.4 Å². The van der Waals surface area contributed by atoms with E-state index in [1.54, 1.807) is 30.8 Å². The molecule has 2 aromatic rings. The van der Waals surface area contributed by atoms with Crippen molar-refractivity contribution < 1.29 is 9.53 Å². The Balaban J connectivity index is 1.66. The average molecular weight is 364 g/mol. The van der Waals surface area contributed by atoms with E-state index in [4.69, 9.17) is 16.3 Å². The molecule has 0 radical (unpaired) electrons. The van der Waals surface area contributed by atoms with E-state index in [1.807, 2.05) is 12.1 Å². The van der Waals surface area contributed by atoms with Gasteiger partial charge < -0.3 is 10.1 Å². The van der Waals surface area contributed by atoms with Crippen LogP contribution in [0.5, 0.6) is 5.75 Å². The molecule has 0 saturated carbocycles. The minimum Gasteiger partial charge on any atom is -0.479 e. The molecule has 0 saturated heterocycles. The predicted octanol–water partition coefficient (Wildman–Crippen LogP) is 4.47. The Morgan fingerprint density at radius 1 is 1.25 bits per heavy atom. The van der Waals surface area contributed by atoms with Crippen LogP contribution in [0, 0.1) is 6.92 Å². The first-order chi connectivity index (χ1) is 11.6. The van der Waals surface area contributed by atoms with Crippen molar-refractivity contribution in [2.24, 2.45) is 0 Å². The first-order valence-corrected chi connectivity index (χ1v) is 9.41. The van der Waals surface area contributed by atoms with Gasteiger partial charge in [0.15, 0.2) is 6.10 Å². The smallest absolute Gasteiger partial charge is 0.260 e. The molecule has 0 aliphatic heterocycles. The Morgan fingerprint density at radius 2 is 2.04 bits per heavy atom. The molecule has 3 nitrogen and oxygen atoms in total. The van der Waals surface area contributed by atoms with Gasteiger partial charge in [0.2, 0.25) is 0 Å². The average Bonchev–Trinajstić information content (AvgIpc) is 2.56. The van der Waals surface area contributed by atoms with Crippen molar-refractivity contribution in [1.29, 1.82) is 0 Å². The Kier molecular flexibility index (Phi) is 7.47. The maximum absolute atomic E-state index is 12.0. The van der Waals surface area contributed by atoms with E-state index in [-0.39, 0.29) is 5.91 Å². The maximum atomic E-state index is 12.0. The molecule has 1 atom stereocenters. The molecular formula is C19H22ClNO2S. The highest BCUT2D eigenvalue weighted by atomic mass is 35.5. The predicted molar refractivity (Wildman–Crippen MR) is 102 cm³/mol. The molecule has 0 spiro atoms. The van der Waals surface area contributed by atoms with E-state index in [2.05, 4.69) is 36.5 Å². The zero-order valence-corrected chi connectivity index (χ0v) is 15.5. The summed E-state index contributed by atoms with van der Waals surface area (Å²) in [6.45, 7) is 4.43. The van der Waals surface area contributed by atoms with Crippen molar-refractivity contribution in [2.45, 2.75) is 25.7 Å². The molecule has 2 aromatic carbocycles. The summed E-state index contributed by atoms with van der Waals surface area (Å²) in [5.74, 6) is 2.20. The van der Waals surface area contributed by atoms with Gasteiger partial charge in [-0.15, -0.1) is 0 Å². The van der Waals surface area contributed by atoms with Crippen molar-refractivity contribution >= 4 is 29.3 Å². The first-order valence-electron chi connectivity index (χ1n) is 7.88. The fraction of sp³-hybridized carbons (Fsp3) is 0.316. The summed E-state index contributed by atoms with van der Waals surface area (Å²) >= 11 is 7.83. The number of thioether (sulfide) groups is 1. The van der Waals surface area contributed by atoms with Gasteiger partial charge >= 0.3 is 0 Å². The molecule has 0 heterocycles. The van der Waals surface area contributed by atoms with Crippen molar-refractivity contribution in [3.63, 3.8) is 0 Å². The molecule has 0 aliphatic carbocycles. The minimum atomic E-state index is -0.577. The van der Waals surface area contributed by atoms with Gasteiger partial charge in [-0.05, 0) is 31.5 Å². The van der Waals surface area contributed by atoms with Gasteiger partial charge in [-0.25, -0.2) is 0 Å². The number of hydrogen-bond donors (Lipinski definition) is 1. The normalized spacial score (nSPS) is 11.8. The molecule has 0 bridgehead atoms. The second-order valence-electron chi connectivity index (χ2n) is 5.52. The number of rotatable bonds is 8. The van der Waals surface area contributed by atoms with Crippen molar-refractivity contribution in [2.75, 3.05) is 12.3 Å². The summed E-state index contributed by atoms with van der Waals surface area (Å²) < 4.78 is 5.60. The van der Waals surface area contributed by atoms with Crippen LogP contribution in [0.2, 0.25) is 5.02 Å². The van der Waals surface area contributed by atoms with Crippen LogP contribution in [0.3, 0.4) is 0 Å². The topological polar surface area (TPSA) is 38.3 Å². The van der Waals surface area contributed by atoms with Crippen molar-refractivity contribution in [1.82, 2.24) is 5.32 Å². The monoisotopic (exact) mass is 363 g/mol. The molecule has 0 fully saturated rings. The van der Waals surface area contributed by atoms with Crippen LogP contribution in [0.15, 0.2) is 48.5 Å². The van der Waals surface area contributed by atoms with E-state index in [1.165, 1.54) is 11.1 Å². The highest BCUT2D eigenvalue weighted by molar-refractivity contribution is 7.98. The molecule has 1 N–H and O–H groups in total. The molecule has 0 aliphatic rings. The lowest BCUT2D eigenvalue weighted by Crippen LogP contribution is -2.37. The Hall–Kier alpha value is -1.65. The lowest BCUT2D eigenvalue weighted by Gasteiger charge is -2.15. The second-order valence-corrected chi connectivity index (χ2v) is 7.04. The number of aryl methyl sites for hydroxylation is 1. The quantitative estimate of drug-likeness (QED) is 0.703. The molecular weight excluding hydrogens is 342 g/mol. The second kappa shape index (κ2) is 9.60. The molecule has 24 heavy (non-hydrogen) atoms. The van der Waals surface area contributed by atoms with E-state index in [0.29, 0.717) is 17.3 Å². The van der Waals surface area contributed by atoms with E-state index >= 15 is 0 Å². The molecule has 2 rings (SSSR count). The summed E-state index contributed by atoms with van der Waals surface area (Å²) in [7, 11) is 0. The number of para-hydroxylation sites is 1. The van der Waals surface area contributed by atoms with Crippen molar-refractivity contribution in [3.8, 4) is 5.75 Å². The Bertz CT molecular complexity index is 678. The van der Waals surface area contributed by atoms with Gasteiger partial charge in [0.25, 0.3) is 5.91 Å². The van der Waals surface area contributed by atoms with Gasteiger partial charge in [-0.1, -0.05) is 53.6 Å². The van der Waals surface area contributed by atoms with Gasteiger partial charge in [-0.2, -0.15) is 11.8 Å². The Labute approximate surface area is 152 Å². The number of carbonyl (C=O) groups is 1. The molecule has 0 aromatic heterocycles. The highest BCUT2D eigenvalue weighted by Gasteiger charge is 2.15. The number of amides is 1. The fourth-order valence-electron chi connectivity index (χ4n) is 2.17. The molecule has 128 valence electrons. The largest absolute Gasteiger partial charge is 0.479 e. The minimum absolute atomic E-state index is 0.133. The lowest BCUT2D eigenvalue weighted by molar-refractivity contribution is -0.127. The summed E-state index contributed by atoms with van der Waals surface area (Å²) in [4.78, 5) is 12.0. The van der Waals surface area contributed by atoms with Crippen LogP contribution in [0.1, 0.15) is 18.1 Å². The SMILES string of the molecule is Cc1cccc(CSCCNC(=O)C(C)Oc2ccccc2Cl)c1. The number of ether oxygens (including phenoxy) is 1. The maximum Gasteiger partial charge on any atom is 0.260 e. The van der Waals surface area contributed by atoms with Crippen LogP contribution < -0.4 is 10.1 Å². The summed E-state index contributed by atoms with van der Waals surface area (Å²) in [5, 5.41) is 3.40. The summed E-state index contributed by atoms with van der Waals surface area (Å²) in [6.07, 6.45) is -0.577. The van der Waals surface area contributed by atoms with Crippen molar-refractivity contribution in [3.05, 3.63) is 64.7 Å². The van der Waals surface area contributed by atoms with Gasteiger partial charge in [0.05, 0.1) is 5.02 Å². The Morgan fingerprint density at radius 3 is 2.79 bits per heavy atom. The summed E-state index contributed by atoms with van der Waals surface area (Å²) in [5.41, 5.74) is 2.58. The third kappa shape index (κ3) is 6.10. The highest BCUT2D eigenvalue weighted by Crippen LogP contribution is 2.24. The number of nitrogens with one attached hydrogen (secondary N) is 1. The molecule has 5 heteroatoms. The number of carbonyl (C=O) groups excluding carboxylic acids is 1. The third-order valence-corrected chi connectivity index (χ3v) is 4.75. The van der Waals surface area contributed by atoms with Gasteiger partial charge in [0.1, 0.15) is 5.75 Å². The van der Waals surface area contributed by atoms with Crippen LogP contribution in [0.25, 0.3) is 0 Å². The number of benzene rings is 2. The van der Waals surface area contributed by atoms with E-state index in [0.717, 1.165) is 11.5 Å². The summed E-state index contributed by atoms with van der Waals surface area (Å²) in [6, 6.07) is 15.6. The molecule has 1 unspecified atom stereocenters. The van der Waals surface area contributed by atoms with E-state index < -0.39 is 6.10 Å². The van der Waals surface area contributed by atoms with Crippen LogP contribution in [0.4, 0.5) is 0 Å². The fourth-order valence-corrected chi connectivity index (χ4v) is 3.15. The third-order valence-electron chi connectivity index (χ3n) is 3.41. The van der Waals surface area contributed by atoms with Gasteiger partial charge in [-0.3, -0.25) is 4.79 Å². The molecule has 1 amide bonds. The number of hydrogen-bond acceptors (Lipinski definition) is 3. The first kappa shape index (κ1) is 18.7. The zero-order valence-electron chi connectivity index (χ0n) is 13.9. The van der Waals surface area contributed by atoms with Crippen LogP contribution in [-0.2, 0) is 10.5 Å². The standard InChI is InChI=1S/C19H22ClNO2S/c1-14-6-5-7-16(12-14)13-24-11-10-21-19(22)15(2)23-18-9-4-3-8-17(18)20/h3-9,12,15H,10-11,13H2,1-2H3,(H,21,22). The van der Waals surface area contributed by atoms with Gasteiger partial charge in [0, 0.05) is 18.1 Å². The number of halogens is 1. The van der Waals surface area contributed by atoms with Crippen LogP contribution in [-0.4, -0.2) is 24.3 Å².